The maximum atomic E-state index is 5.63. The second-order valence-corrected chi connectivity index (χ2v) is 7.43. The van der Waals surface area contributed by atoms with Crippen LogP contribution in [0.2, 0.25) is 0 Å². The van der Waals surface area contributed by atoms with E-state index in [1.54, 1.807) is 0 Å². The first-order chi connectivity index (χ1) is 12.8. The molecule has 0 amide bonds. The fourth-order valence-corrected chi connectivity index (χ4v) is 3.95. The largest absolute Gasteiger partial charge is 0.381 e. The molecule has 1 atom stereocenters. The molecule has 1 N–H and O–H groups in total. The summed E-state index contributed by atoms with van der Waals surface area (Å²) in [6.07, 6.45) is 8.02. The van der Waals surface area contributed by atoms with E-state index in [0.29, 0.717) is 5.41 Å². The maximum absolute atomic E-state index is 5.63. The van der Waals surface area contributed by atoms with Crippen molar-refractivity contribution in [3.05, 3.63) is 54.1 Å². The van der Waals surface area contributed by atoms with Gasteiger partial charge in [-0.15, -0.1) is 0 Å². The smallest absolute Gasteiger partial charge is 0.193 e. The van der Waals surface area contributed by atoms with Crippen LogP contribution in [-0.2, 0) is 17.8 Å². The summed E-state index contributed by atoms with van der Waals surface area (Å²) in [5.41, 5.74) is 2.89. The summed E-state index contributed by atoms with van der Waals surface area (Å²) in [4.78, 5) is 11.0. The number of likely N-dealkylation sites (tertiary alicyclic amines) is 1. The first-order valence-corrected chi connectivity index (χ1v) is 9.33. The predicted molar refractivity (Wildman–Crippen MR) is 102 cm³/mol. The molecule has 1 spiro atoms. The first kappa shape index (κ1) is 17.1. The van der Waals surface area contributed by atoms with Gasteiger partial charge in [0.2, 0.25) is 0 Å². The van der Waals surface area contributed by atoms with Crippen LogP contribution in [0, 0.1) is 5.41 Å². The maximum Gasteiger partial charge on any atom is 0.193 e. The summed E-state index contributed by atoms with van der Waals surface area (Å²) >= 11 is 0. The highest BCUT2D eigenvalue weighted by Crippen LogP contribution is 2.38. The molecule has 138 valence electrons. The zero-order valence-corrected chi connectivity index (χ0v) is 15.4. The molecule has 1 aromatic carbocycles. The lowest BCUT2D eigenvalue weighted by molar-refractivity contribution is 0.156. The lowest BCUT2D eigenvalue weighted by Crippen LogP contribution is -2.41. The highest BCUT2D eigenvalue weighted by molar-refractivity contribution is 5.80. The normalized spacial score (nSPS) is 23.1. The number of imidazole rings is 1. The summed E-state index contributed by atoms with van der Waals surface area (Å²) in [6.45, 7) is 5.57. The van der Waals surface area contributed by atoms with Crippen molar-refractivity contribution in [2.75, 3.05) is 33.4 Å². The number of nitrogens with zero attached hydrogens (tertiary/aromatic N) is 4. The second kappa shape index (κ2) is 7.50. The number of guanidine groups is 1. The van der Waals surface area contributed by atoms with Gasteiger partial charge in [-0.25, -0.2) is 4.98 Å². The molecule has 0 bridgehead atoms. The number of ether oxygens (including phenoxy) is 1. The Morgan fingerprint density at radius 1 is 1.27 bits per heavy atom. The third-order valence-electron chi connectivity index (χ3n) is 5.53. The molecular formula is C20H27N5O. The second-order valence-electron chi connectivity index (χ2n) is 7.43. The minimum Gasteiger partial charge on any atom is -0.381 e. The van der Waals surface area contributed by atoms with E-state index in [1.165, 1.54) is 24.0 Å². The van der Waals surface area contributed by atoms with Crippen molar-refractivity contribution in [3.63, 3.8) is 0 Å². The molecule has 3 heterocycles. The molecule has 2 saturated heterocycles. The molecule has 0 radical (unpaired) electrons. The number of aromatic nitrogens is 2. The summed E-state index contributed by atoms with van der Waals surface area (Å²) < 4.78 is 7.70. The van der Waals surface area contributed by atoms with Crippen molar-refractivity contribution in [3.8, 4) is 0 Å². The quantitative estimate of drug-likeness (QED) is 0.676. The van der Waals surface area contributed by atoms with E-state index >= 15 is 0 Å². The highest BCUT2D eigenvalue weighted by Gasteiger charge is 2.42. The van der Waals surface area contributed by atoms with Crippen molar-refractivity contribution < 1.29 is 4.74 Å². The summed E-state index contributed by atoms with van der Waals surface area (Å²) in [6, 6.07) is 8.73. The van der Waals surface area contributed by atoms with Crippen molar-refractivity contribution in [1.29, 1.82) is 0 Å². The Hall–Kier alpha value is -2.34. The van der Waals surface area contributed by atoms with Gasteiger partial charge in [0.05, 0.1) is 12.9 Å². The molecule has 4 rings (SSSR count). The zero-order chi connectivity index (χ0) is 17.8. The van der Waals surface area contributed by atoms with Crippen molar-refractivity contribution in [2.24, 2.45) is 10.4 Å². The number of rotatable bonds is 4. The van der Waals surface area contributed by atoms with Crippen molar-refractivity contribution in [2.45, 2.75) is 25.9 Å². The molecule has 1 unspecified atom stereocenters. The minimum absolute atomic E-state index is 0.354. The van der Waals surface area contributed by atoms with Crippen LogP contribution >= 0.6 is 0 Å². The van der Waals surface area contributed by atoms with Crippen LogP contribution in [0.15, 0.2) is 48.0 Å². The first-order valence-electron chi connectivity index (χ1n) is 9.33. The molecule has 26 heavy (non-hydrogen) atoms. The van der Waals surface area contributed by atoms with Crippen LogP contribution in [0.3, 0.4) is 0 Å². The standard InChI is InChI=1S/C20H27N5O/c1-21-19(25-9-6-20(14-25)7-11-26-15-20)23-12-17-2-4-18(5-3-17)13-24-10-8-22-16-24/h2-5,8,10,16H,6-7,9,11-15H2,1H3,(H,21,23). The molecule has 0 saturated carbocycles. The van der Waals surface area contributed by atoms with Crippen LogP contribution in [0.25, 0.3) is 0 Å². The Balaban J connectivity index is 1.31. The Morgan fingerprint density at radius 3 is 2.81 bits per heavy atom. The molecule has 6 heteroatoms. The van der Waals surface area contributed by atoms with Gasteiger partial charge in [0.1, 0.15) is 0 Å². The monoisotopic (exact) mass is 353 g/mol. The fraction of sp³-hybridized carbons (Fsp3) is 0.500. The van der Waals surface area contributed by atoms with Gasteiger partial charge in [0, 0.05) is 57.6 Å². The molecule has 2 aliphatic rings. The minimum atomic E-state index is 0.354. The Kier molecular flexibility index (Phi) is 4.93. The van der Waals surface area contributed by atoms with E-state index in [-0.39, 0.29) is 0 Å². The van der Waals surface area contributed by atoms with Gasteiger partial charge in [-0.2, -0.15) is 0 Å². The average molecular weight is 353 g/mol. The van der Waals surface area contributed by atoms with Gasteiger partial charge < -0.3 is 19.5 Å². The van der Waals surface area contributed by atoms with Gasteiger partial charge in [-0.05, 0) is 24.0 Å². The van der Waals surface area contributed by atoms with Gasteiger partial charge in [0.25, 0.3) is 0 Å². The number of hydrogen-bond donors (Lipinski definition) is 1. The van der Waals surface area contributed by atoms with Crippen LogP contribution in [0.5, 0.6) is 0 Å². The molecule has 2 aliphatic heterocycles. The number of nitrogens with one attached hydrogen (secondary N) is 1. The molecule has 0 aliphatic carbocycles. The number of hydrogen-bond acceptors (Lipinski definition) is 3. The summed E-state index contributed by atoms with van der Waals surface area (Å²) in [7, 11) is 1.87. The van der Waals surface area contributed by atoms with Crippen LogP contribution in [0.1, 0.15) is 24.0 Å². The van der Waals surface area contributed by atoms with Crippen LogP contribution in [0.4, 0.5) is 0 Å². The third-order valence-corrected chi connectivity index (χ3v) is 5.53. The topological polar surface area (TPSA) is 54.7 Å². The average Bonchev–Trinajstić information content (AvgIpc) is 3.41. The lowest BCUT2D eigenvalue weighted by Gasteiger charge is -2.25. The van der Waals surface area contributed by atoms with Crippen molar-refractivity contribution >= 4 is 5.96 Å². The Bertz CT molecular complexity index is 732. The van der Waals surface area contributed by atoms with Gasteiger partial charge in [0.15, 0.2) is 5.96 Å². The lowest BCUT2D eigenvalue weighted by atomic mass is 9.87. The fourth-order valence-electron chi connectivity index (χ4n) is 3.95. The summed E-state index contributed by atoms with van der Waals surface area (Å²) in [5, 5.41) is 3.52. The molecule has 1 aromatic heterocycles. The van der Waals surface area contributed by atoms with E-state index in [1.807, 2.05) is 25.8 Å². The highest BCUT2D eigenvalue weighted by atomic mass is 16.5. The van der Waals surface area contributed by atoms with Gasteiger partial charge >= 0.3 is 0 Å². The van der Waals surface area contributed by atoms with Crippen LogP contribution in [-0.4, -0.2) is 53.8 Å². The number of aliphatic imine (C=N–C) groups is 1. The van der Waals surface area contributed by atoms with Crippen LogP contribution < -0.4 is 5.32 Å². The van der Waals surface area contributed by atoms with Gasteiger partial charge in [-0.1, -0.05) is 24.3 Å². The summed E-state index contributed by atoms with van der Waals surface area (Å²) in [5.74, 6) is 0.997. The Morgan fingerprint density at radius 2 is 2.12 bits per heavy atom. The van der Waals surface area contributed by atoms with E-state index < -0.39 is 0 Å². The molecule has 6 nitrogen and oxygen atoms in total. The number of benzene rings is 1. The molecule has 2 fully saturated rings. The van der Waals surface area contributed by atoms with Crippen molar-refractivity contribution in [1.82, 2.24) is 19.8 Å². The third kappa shape index (κ3) is 3.75. The van der Waals surface area contributed by atoms with E-state index in [9.17, 15) is 0 Å². The molecule has 2 aromatic rings. The zero-order valence-electron chi connectivity index (χ0n) is 15.4. The molecular weight excluding hydrogens is 326 g/mol. The van der Waals surface area contributed by atoms with E-state index in [4.69, 9.17) is 4.74 Å². The van der Waals surface area contributed by atoms with E-state index in [0.717, 1.165) is 45.4 Å². The van der Waals surface area contributed by atoms with E-state index in [2.05, 4.69) is 49.0 Å². The predicted octanol–water partition coefficient (Wildman–Crippen LogP) is 2.12. The SMILES string of the molecule is CN=C(NCc1ccc(Cn2ccnc2)cc1)N1CCC2(CCOC2)C1. The van der Waals surface area contributed by atoms with Gasteiger partial charge in [-0.3, -0.25) is 4.99 Å². The Labute approximate surface area is 154 Å².